The first-order valence-corrected chi connectivity index (χ1v) is 29.5. The standard InChI is InChI=1S/C80H54N6/c1-80(2)73-24-10-9-23-67(73)69-49-71-72(50-74(69)80)78(85(76-26-12-15-37-82-76)64-32-29-58-40-52-18-4-7-21-55(52)43-61(58)46-64)68-35-34-66(84(75-25-11-14-36-81-75)63-31-28-57-39-51-17-3-6-20-54(51)42-60(57)45-63)48-70(68)79(71)86(77-27-13-16-38-83-77)65-33-30-59-41-53-19-5-8-22-56(53)44-62(59)47-65/h3-50H,1-2H3. The summed E-state index contributed by atoms with van der Waals surface area (Å²) in [4.78, 5) is 22.8. The van der Waals surface area contributed by atoms with Gasteiger partial charge in [-0.05, 0) is 220 Å². The fourth-order valence-corrected chi connectivity index (χ4v) is 13.8. The zero-order chi connectivity index (χ0) is 57.0. The van der Waals surface area contributed by atoms with E-state index in [4.69, 9.17) is 15.0 Å². The number of hydrogen-bond donors (Lipinski definition) is 0. The topological polar surface area (TPSA) is 48.4 Å². The molecule has 0 saturated carbocycles. The fraction of sp³-hybridized carbons (Fsp3) is 0.0375. The zero-order valence-electron chi connectivity index (χ0n) is 47.4. The van der Waals surface area contributed by atoms with Crippen LogP contribution >= 0.6 is 0 Å². The van der Waals surface area contributed by atoms with Crippen molar-refractivity contribution < 1.29 is 0 Å². The Morgan fingerprint density at radius 3 is 1.06 bits per heavy atom. The fourth-order valence-electron chi connectivity index (χ4n) is 13.8. The third-order valence-corrected chi connectivity index (χ3v) is 17.9. The Labute approximate surface area is 497 Å². The molecule has 1 aliphatic carbocycles. The molecule has 16 aromatic rings. The summed E-state index contributed by atoms with van der Waals surface area (Å²) in [6, 6.07) is 99.9. The van der Waals surface area contributed by atoms with Crippen molar-refractivity contribution >= 4 is 138 Å². The van der Waals surface area contributed by atoms with Crippen molar-refractivity contribution in [3.63, 3.8) is 0 Å². The first kappa shape index (κ1) is 49.4. The molecule has 0 spiro atoms. The normalized spacial score (nSPS) is 12.6. The van der Waals surface area contributed by atoms with E-state index in [1.54, 1.807) is 0 Å². The quantitative estimate of drug-likeness (QED) is 0.106. The summed E-state index contributed by atoms with van der Waals surface area (Å²) in [5.74, 6) is 2.40. The van der Waals surface area contributed by atoms with Gasteiger partial charge in [-0.25, -0.2) is 15.0 Å². The van der Waals surface area contributed by atoms with E-state index in [1.165, 1.54) is 70.7 Å². The van der Waals surface area contributed by atoms with Crippen LogP contribution in [0.5, 0.6) is 0 Å². The van der Waals surface area contributed by atoms with Crippen LogP contribution in [0.1, 0.15) is 25.0 Å². The molecule has 3 heterocycles. The van der Waals surface area contributed by atoms with Crippen LogP contribution in [0.15, 0.2) is 292 Å². The van der Waals surface area contributed by atoms with Crippen molar-refractivity contribution in [3.8, 4) is 11.1 Å². The van der Waals surface area contributed by atoms with Gasteiger partial charge in [0.2, 0.25) is 0 Å². The Bertz CT molecular complexity index is 5410. The Balaban J connectivity index is 1.03. The zero-order valence-corrected chi connectivity index (χ0v) is 47.4. The van der Waals surface area contributed by atoms with E-state index in [1.807, 2.05) is 36.8 Å². The summed E-state index contributed by atoms with van der Waals surface area (Å²) in [7, 11) is 0. The van der Waals surface area contributed by atoms with Gasteiger partial charge in [-0.1, -0.05) is 153 Å². The van der Waals surface area contributed by atoms with Crippen molar-refractivity contribution in [2.24, 2.45) is 0 Å². The van der Waals surface area contributed by atoms with Crippen LogP contribution in [0.4, 0.5) is 51.6 Å². The van der Waals surface area contributed by atoms with Crippen molar-refractivity contribution in [1.82, 2.24) is 15.0 Å². The number of rotatable bonds is 9. The highest BCUT2D eigenvalue weighted by atomic mass is 15.2. The van der Waals surface area contributed by atoms with Gasteiger partial charge in [0.15, 0.2) is 0 Å². The molecule has 0 aliphatic heterocycles. The molecule has 0 bridgehead atoms. The van der Waals surface area contributed by atoms with E-state index in [2.05, 4.69) is 283 Å². The number of hydrogen-bond acceptors (Lipinski definition) is 6. The average Bonchev–Trinajstić information content (AvgIpc) is 1.34. The SMILES string of the molecule is CC1(C)c2ccccc2-c2cc3c(N(c4ccc5cc6ccccc6cc5c4)c4ccccn4)c4cc(N(c5ccc6cc7ccccc7cc6c5)c5ccccn5)ccc4c(N(c4ccc5cc6ccccc6cc5c4)c4ccccn4)c3cc21. The van der Waals surface area contributed by atoms with Crippen LogP contribution in [-0.4, -0.2) is 15.0 Å². The number of benzene rings is 13. The van der Waals surface area contributed by atoms with Gasteiger partial charge in [0, 0.05) is 68.3 Å². The van der Waals surface area contributed by atoms with Crippen LogP contribution in [0, 0.1) is 0 Å². The van der Waals surface area contributed by atoms with E-state index < -0.39 is 0 Å². The maximum absolute atomic E-state index is 5.30. The van der Waals surface area contributed by atoms with Crippen molar-refractivity contribution in [2.45, 2.75) is 19.3 Å². The Morgan fingerprint density at radius 1 is 0.244 bits per heavy atom. The van der Waals surface area contributed by atoms with Gasteiger partial charge in [-0.3, -0.25) is 14.7 Å². The van der Waals surface area contributed by atoms with Gasteiger partial charge >= 0.3 is 0 Å². The lowest BCUT2D eigenvalue weighted by atomic mass is 9.81. The smallest absolute Gasteiger partial charge is 0.137 e. The highest BCUT2D eigenvalue weighted by Gasteiger charge is 2.38. The van der Waals surface area contributed by atoms with E-state index in [-0.39, 0.29) is 5.41 Å². The summed E-state index contributed by atoms with van der Waals surface area (Å²) in [5, 5.41) is 18.4. The van der Waals surface area contributed by atoms with Crippen LogP contribution < -0.4 is 14.7 Å². The maximum Gasteiger partial charge on any atom is 0.137 e. The summed E-state index contributed by atoms with van der Waals surface area (Å²) >= 11 is 0. The second-order valence-electron chi connectivity index (χ2n) is 23.3. The second kappa shape index (κ2) is 19.4. The van der Waals surface area contributed by atoms with Crippen LogP contribution in [0.3, 0.4) is 0 Å². The van der Waals surface area contributed by atoms with E-state index >= 15 is 0 Å². The largest absolute Gasteiger partial charge is 0.295 e. The highest BCUT2D eigenvalue weighted by Crippen LogP contribution is 2.57. The van der Waals surface area contributed by atoms with Crippen molar-refractivity contribution in [3.05, 3.63) is 303 Å². The van der Waals surface area contributed by atoms with Gasteiger partial charge in [-0.15, -0.1) is 0 Å². The molecule has 0 N–H and O–H groups in total. The molecule has 1 aliphatic rings. The first-order valence-electron chi connectivity index (χ1n) is 29.5. The predicted octanol–water partition coefficient (Wildman–Crippen LogP) is 21.8. The van der Waals surface area contributed by atoms with Gasteiger partial charge in [0.1, 0.15) is 17.5 Å². The summed E-state index contributed by atoms with van der Waals surface area (Å²) < 4.78 is 0. The van der Waals surface area contributed by atoms with E-state index in [9.17, 15) is 0 Å². The Kier molecular flexibility index (Phi) is 11.2. The number of aromatic nitrogens is 3. The van der Waals surface area contributed by atoms with Crippen molar-refractivity contribution in [1.29, 1.82) is 0 Å². The number of nitrogens with zero attached hydrogens (tertiary/aromatic N) is 6. The molecule has 6 heteroatoms. The maximum atomic E-state index is 5.30. The Hall–Kier alpha value is -11.2. The lowest BCUT2D eigenvalue weighted by molar-refractivity contribution is 0.661. The number of anilines is 9. The molecular formula is C80H54N6. The van der Waals surface area contributed by atoms with Crippen molar-refractivity contribution in [2.75, 3.05) is 14.7 Å². The molecule has 0 fully saturated rings. The minimum atomic E-state index is -0.312. The molecule has 6 nitrogen and oxygen atoms in total. The number of fused-ring (bicyclic) bond motifs is 11. The molecule has 13 aromatic carbocycles. The Morgan fingerprint density at radius 2 is 0.593 bits per heavy atom. The van der Waals surface area contributed by atoms with Crippen LogP contribution in [0.25, 0.3) is 97.3 Å². The monoisotopic (exact) mass is 1100 g/mol. The summed E-state index contributed by atoms with van der Waals surface area (Å²) in [6.07, 6.45) is 5.71. The lowest BCUT2D eigenvalue weighted by Gasteiger charge is -2.33. The minimum absolute atomic E-state index is 0.312. The van der Waals surface area contributed by atoms with E-state index in [0.717, 1.165) is 89.3 Å². The van der Waals surface area contributed by atoms with Crippen LogP contribution in [0.2, 0.25) is 0 Å². The predicted molar refractivity (Wildman–Crippen MR) is 361 cm³/mol. The molecule has 3 aromatic heterocycles. The highest BCUT2D eigenvalue weighted by molar-refractivity contribution is 6.25. The molecule has 0 atom stereocenters. The van der Waals surface area contributed by atoms with Gasteiger partial charge in [0.05, 0.1) is 11.4 Å². The van der Waals surface area contributed by atoms with Gasteiger partial charge < -0.3 is 0 Å². The molecule has 0 unspecified atom stereocenters. The molecule has 0 amide bonds. The third-order valence-electron chi connectivity index (χ3n) is 17.9. The molecule has 404 valence electrons. The minimum Gasteiger partial charge on any atom is -0.295 e. The summed E-state index contributed by atoms with van der Waals surface area (Å²) in [5.41, 5.74) is 10.7. The van der Waals surface area contributed by atoms with E-state index in [0.29, 0.717) is 0 Å². The summed E-state index contributed by atoms with van der Waals surface area (Å²) in [6.45, 7) is 4.75. The molecule has 0 radical (unpaired) electrons. The molecule has 0 saturated heterocycles. The number of pyridine rings is 3. The molecule has 86 heavy (non-hydrogen) atoms. The first-order chi connectivity index (χ1) is 42.4. The second-order valence-corrected chi connectivity index (χ2v) is 23.3. The van der Waals surface area contributed by atoms with Gasteiger partial charge in [-0.2, -0.15) is 0 Å². The lowest BCUT2D eigenvalue weighted by Crippen LogP contribution is -2.18. The van der Waals surface area contributed by atoms with Gasteiger partial charge in [0.25, 0.3) is 0 Å². The average molecular weight is 1100 g/mol. The molecular weight excluding hydrogens is 1040 g/mol. The van der Waals surface area contributed by atoms with Crippen LogP contribution in [-0.2, 0) is 5.41 Å². The third kappa shape index (κ3) is 7.98. The molecule has 17 rings (SSSR count).